The lowest BCUT2D eigenvalue weighted by Gasteiger charge is -2.27. The van der Waals surface area contributed by atoms with Gasteiger partial charge in [0.25, 0.3) is 0 Å². The summed E-state index contributed by atoms with van der Waals surface area (Å²) in [6, 6.07) is 3.16. The first-order valence-electron chi connectivity index (χ1n) is 7.77. The Morgan fingerprint density at radius 3 is 2.70 bits per heavy atom. The molecule has 128 valence electrons. The first-order chi connectivity index (χ1) is 10.8. The number of hydrogen-bond donors (Lipinski definition) is 1. The largest absolute Gasteiger partial charge is 0.465 e. The van der Waals surface area contributed by atoms with E-state index < -0.39 is 16.1 Å². The Hall–Kier alpha value is -1.38. The lowest BCUT2D eigenvalue weighted by Crippen LogP contribution is -2.49. The SMILES string of the molecule is CNC(=O)[C@@H]1C[C@H]2CN(Cc3ccc(C)o3)C[C@H]2N1S(C)(=O)=O. The van der Waals surface area contributed by atoms with Gasteiger partial charge in [0.15, 0.2) is 0 Å². The summed E-state index contributed by atoms with van der Waals surface area (Å²) >= 11 is 0. The monoisotopic (exact) mass is 341 g/mol. The predicted molar refractivity (Wildman–Crippen MR) is 85.2 cm³/mol. The van der Waals surface area contributed by atoms with E-state index in [1.54, 1.807) is 7.05 Å². The Morgan fingerprint density at radius 2 is 2.13 bits per heavy atom. The van der Waals surface area contributed by atoms with E-state index in [1.165, 1.54) is 10.6 Å². The van der Waals surface area contributed by atoms with Gasteiger partial charge in [0.1, 0.15) is 17.6 Å². The summed E-state index contributed by atoms with van der Waals surface area (Å²) in [5.74, 6) is 1.72. The number of nitrogens with one attached hydrogen (secondary N) is 1. The number of furan rings is 1. The minimum absolute atomic E-state index is 0.136. The van der Waals surface area contributed by atoms with Gasteiger partial charge >= 0.3 is 0 Å². The standard InChI is InChI=1S/C15H23N3O4S/c1-10-4-5-12(22-10)8-17-7-11-6-13(15(19)16-2)18(14(11)9-17)23(3,20)21/h4-5,11,13-14H,6-9H2,1-3H3,(H,16,19)/t11-,13-,14+/m0/s1. The lowest BCUT2D eigenvalue weighted by molar-refractivity contribution is -0.124. The van der Waals surface area contributed by atoms with Gasteiger partial charge in [0.2, 0.25) is 15.9 Å². The number of amides is 1. The molecule has 0 saturated carbocycles. The number of likely N-dealkylation sites (tertiary alicyclic amines) is 1. The quantitative estimate of drug-likeness (QED) is 0.844. The lowest BCUT2D eigenvalue weighted by atomic mass is 10.0. The third kappa shape index (κ3) is 3.15. The topological polar surface area (TPSA) is 82.9 Å². The van der Waals surface area contributed by atoms with Crippen molar-refractivity contribution in [1.82, 2.24) is 14.5 Å². The molecule has 8 heteroatoms. The number of nitrogens with zero attached hydrogens (tertiary/aromatic N) is 2. The van der Waals surface area contributed by atoms with Crippen molar-refractivity contribution in [3.05, 3.63) is 23.7 Å². The Morgan fingerprint density at radius 1 is 1.39 bits per heavy atom. The fourth-order valence-electron chi connectivity index (χ4n) is 3.87. The zero-order chi connectivity index (χ0) is 16.8. The molecule has 3 heterocycles. The van der Waals surface area contributed by atoms with Gasteiger partial charge in [0.05, 0.1) is 12.8 Å². The molecule has 2 saturated heterocycles. The van der Waals surface area contributed by atoms with Crippen LogP contribution >= 0.6 is 0 Å². The Balaban J connectivity index is 1.75. The van der Waals surface area contributed by atoms with E-state index in [1.807, 2.05) is 19.1 Å². The van der Waals surface area contributed by atoms with Crippen LogP contribution in [0.2, 0.25) is 0 Å². The van der Waals surface area contributed by atoms with Gasteiger partial charge in [-0.3, -0.25) is 9.69 Å². The maximum atomic E-state index is 12.2. The van der Waals surface area contributed by atoms with Crippen LogP contribution in [0.25, 0.3) is 0 Å². The highest BCUT2D eigenvalue weighted by Gasteiger charge is 2.52. The Bertz CT molecular complexity index is 699. The first-order valence-corrected chi connectivity index (χ1v) is 9.62. The maximum absolute atomic E-state index is 12.2. The predicted octanol–water partition coefficient (Wildman–Crippen LogP) is 0.168. The highest BCUT2D eigenvalue weighted by atomic mass is 32.2. The van der Waals surface area contributed by atoms with Crippen molar-refractivity contribution in [2.75, 3.05) is 26.4 Å². The van der Waals surface area contributed by atoms with E-state index in [0.717, 1.165) is 18.1 Å². The van der Waals surface area contributed by atoms with Crippen LogP contribution in [0.3, 0.4) is 0 Å². The number of fused-ring (bicyclic) bond motifs is 1. The smallest absolute Gasteiger partial charge is 0.238 e. The molecule has 2 aliphatic rings. The second-order valence-electron chi connectivity index (χ2n) is 6.49. The van der Waals surface area contributed by atoms with Crippen LogP contribution in [0.5, 0.6) is 0 Å². The average Bonchev–Trinajstić information content (AvgIpc) is 3.10. The van der Waals surface area contributed by atoms with E-state index in [2.05, 4.69) is 10.2 Å². The molecule has 0 unspecified atom stereocenters. The zero-order valence-corrected chi connectivity index (χ0v) is 14.5. The van der Waals surface area contributed by atoms with E-state index in [0.29, 0.717) is 19.5 Å². The molecule has 0 aromatic carbocycles. The fraction of sp³-hybridized carbons (Fsp3) is 0.667. The van der Waals surface area contributed by atoms with Crippen LogP contribution in [-0.2, 0) is 21.4 Å². The van der Waals surface area contributed by atoms with Gasteiger partial charge in [-0.15, -0.1) is 0 Å². The van der Waals surface area contributed by atoms with Gasteiger partial charge in [-0.25, -0.2) is 8.42 Å². The van der Waals surface area contributed by atoms with E-state index in [-0.39, 0.29) is 17.9 Å². The van der Waals surface area contributed by atoms with Crippen LogP contribution in [-0.4, -0.2) is 62.0 Å². The molecule has 3 atom stereocenters. The summed E-state index contributed by atoms with van der Waals surface area (Å²) in [6.45, 7) is 3.99. The van der Waals surface area contributed by atoms with Gasteiger partial charge in [-0.2, -0.15) is 4.31 Å². The van der Waals surface area contributed by atoms with Crippen LogP contribution in [0.1, 0.15) is 17.9 Å². The molecule has 0 aliphatic carbocycles. The average molecular weight is 341 g/mol. The second kappa shape index (κ2) is 5.92. The Labute approximate surface area is 136 Å². The summed E-state index contributed by atoms with van der Waals surface area (Å²) in [4.78, 5) is 14.2. The maximum Gasteiger partial charge on any atom is 0.238 e. The molecule has 0 radical (unpaired) electrons. The molecule has 1 aromatic rings. The number of sulfonamides is 1. The van der Waals surface area contributed by atoms with Gasteiger partial charge < -0.3 is 9.73 Å². The van der Waals surface area contributed by atoms with Crippen LogP contribution in [0.4, 0.5) is 0 Å². The number of rotatable bonds is 4. The molecular weight excluding hydrogens is 318 g/mol. The van der Waals surface area contributed by atoms with Crippen molar-refractivity contribution >= 4 is 15.9 Å². The van der Waals surface area contributed by atoms with Gasteiger partial charge in [-0.1, -0.05) is 0 Å². The highest BCUT2D eigenvalue weighted by Crippen LogP contribution is 2.38. The summed E-state index contributed by atoms with van der Waals surface area (Å²) in [5.41, 5.74) is 0. The number of likely N-dealkylation sites (N-methyl/N-ethyl adjacent to an activating group) is 1. The molecule has 0 spiro atoms. The van der Waals surface area contributed by atoms with Gasteiger partial charge in [0, 0.05) is 26.2 Å². The first kappa shape index (κ1) is 16.5. The van der Waals surface area contributed by atoms with Crippen LogP contribution < -0.4 is 5.32 Å². The van der Waals surface area contributed by atoms with E-state index in [4.69, 9.17) is 4.42 Å². The summed E-state index contributed by atoms with van der Waals surface area (Å²) in [6.07, 6.45) is 1.76. The molecule has 3 rings (SSSR count). The molecule has 1 aromatic heterocycles. The zero-order valence-electron chi connectivity index (χ0n) is 13.7. The number of carbonyl (C=O) groups excluding carboxylic acids is 1. The summed E-state index contributed by atoms with van der Waals surface area (Å²) in [5, 5.41) is 2.58. The number of hydrogen-bond acceptors (Lipinski definition) is 5. The summed E-state index contributed by atoms with van der Waals surface area (Å²) < 4.78 is 31.4. The number of aryl methyl sites for hydroxylation is 1. The molecular formula is C15H23N3O4S. The third-order valence-corrected chi connectivity index (χ3v) is 6.04. The minimum Gasteiger partial charge on any atom is -0.465 e. The second-order valence-corrected chi connectivity index (χ2v) is 8.38. The molecule has 0 bridgehead atoms. The van der Waals surface area contributed by atoms with Crippen molar-refractivity contribution in [3.8, 4) is 0 Å². The van der Waals surface area contributed by atoms with Crippen molar-refractivity contribution < 1.29 is 17.6 Å². The highest BCUT2D eigenvalue weighted by molar-refractivity contribution is 7.88. The number of carbonyl (C=O) groups is 1. The van der Waals surface area contributed by atoms with Crippen molar-refractivity contribution in [1.29, 1.82) is 0 Å². The van der Waals surface area contributed by atoms with E-state index >= 15 is 0 Å². The minimum atomic E-state index is -3.43. The molecule has 1 N–H and O–H groups in total. The Kier molecular flexibility index (Phi) is 4.24. The van der Waals surface area contributed by atoms with Crippen molar-refractivity contribution in [2.45, 2.75) is 32.0 Å². The van der Waals surface area contributed by atoms with Crippen LogP contribution in [0, 0.1) is 12.8 Å². The molecule has 23 heavy (non-hydrogen) atoms. The van der Waals surface area contributed by atoms with Crippen molar-refractivity contribution in [3.63, 3.8) is 0 Å². The molecule has 7 nitrogen and oxygen atoms in total. The van der Waals surface area contributed by atoms with Gasteiger partial charge in [-0.05, 0) is 31.4 Å². The van der Waals surface area contributed by atoms with E-state index in [9.17, 15) is 13.2 Å². The molecule has 2 aliphatic heterocycles. The summed E-state index contributed by atoms with van der Waals surface area (Å²) in [7, 11) is -1.89. The third-order valence-electron chi connectivity index (χ3n) is 4.75. The molecule has 2 fully saturated rings. The van der Waals surface area contributed by atoms with Crippen LogP contribution in [0.15, 0.2) is 16.5 Å². The van der Waals surface area contributed by atoms with Crippen molar-refractivity contribution in [2.24, 2.45) is 5.92 Å². The molecule has 1 amide bonds. The normalized spacial score (nSPS) is 28.9. The fourth-order valence-corrected chi connectivity index (χ4v) is 5.24.